The zero-order valence-corrected chi connectivity index (χ0v) is 13.0. The quantitative estimate of drug-likeness (QED) is 0.689. The van der Waals surface area contributed by atoms with E-state index in [9.17, 15) is 0 Å². The number of nitrogens with zero attached hydrogens (tertiary/aromatic N) is 1. The molecular weight excluding hydrogens is 344 g/mol. The van der Waals surface area contributed by atoms with Gasteiger partial charge in [0, 0.05) is 27.5 Å². The van der Waals surface area contributed by atoms with Gasteiger partial charge in [-0.3, -0.25) is 4.98 Å². The second kappa shape index (κ2) is 5.49. The summed E-state index contributed by atoms with van der Waals surface area (Å²) in [6, 6.07) is 12.2. The molecule has 0 atom stereocenters. The monoisotopic (exact) mass is 352 g/mol. The van der Waals surface area contributed by atoms with Gasteiger partial charge in [0.1, 0.15) is 4.34 Å². The Hall–Kier alpha value is -1.10. The number of para-hydroxylation sites is 1. The van der Waals surface area contributed by atoms with E-state index in [1.165, 1.54) is 4.88 Å². The summed E-state index contributed by atoms with van der Waals surface area (Å²) in [4.78, 5) is 5.61. The topological polar surface area (TPSA) is 24.9 Å². The first-order chi connectivity index (χ1) is 9.24. The highest BCUT2D eigenvalue weighted by molar-refractivity contribution is 9.10. The predicted molar refractivity (Wildman–Crippen MR) is 86.1 cm³/mol. The van der Waals surface area contributed by atoms with Crippen molar-refractivity contribution in [2.45, 2.75) is 6.54 Å². The van der Waals surface area contributed by atoms with Crippen molar-refractivity contribution in [3.05, 3.63) is 56.3 Å². The molecular formula is C14H10BrClN2S. The van der Waals surface area contributed by atoms with Gasteiger partial charge >= 0.3 is 0 Å². The minimum absolute atomic E-state index is 0.742. The lowest BCUT2D eigenvalue weighted by Gasteiger charge is -2.07. The van der Waals surface area contributed by atoms with Crippen molar-refractivity contribution < 1.29 is 0 Å². The van der Waals surface area contributed by atoms with Crippen LogP contribution in [0.5, 0.6) is 0 Å². The van der Waals surface area contributed by atoms with Gasteiger partial charge in [-0.1, -0.05) is 29.8 Å². The first-order valence-electron chi connectivity index (χ1n) is 5.75. The molecule has 2 heterocycles. The largest absolute Gasteiger partial charge is 0.378 e. The van der Waals surface area contributed by atoms with Crippen molar-refractivity contribution in [1.82, 2.24) is 4.98 Å². The second-order valence-corrected chi connectivity index (χ2v) is 6.66. The molecule has 96 valence electrons. The van der Waals surface area contributed by atoms with Crippen LogP contribution in [0.15, 0.2) is 47.1 Å². The van der Waals surface area contributed by atoms with E-state index in [0.717, 1.165) is 31.9 Å². The van der Waals surface area contributed by atoms with Gasteiger partial charge in [-0.25, -0.2) is 0 Å². The normalized spacial score (nSPS) is 10.8. The standard InChI is InChI=1S/C14H10BrClN2S/c15-11-7-10(19-14(11)16)8-18-12-5-1-3-9-4-2-6-17-13(9)12/h1-7,18H,8H2. The third kappa shape index (κ3) is 2.76. The Kier molecular flexibility index (Phi) is 3.73. The van der Waals surface area contributed by atoms with Crippen LogP contribution in [0.4, 0.5) is 5.69 Å². The smallest absolute Gasteiger partial charge is 0.107 e. The van der Waals surface area contributed by atoms with Crippen molar-refractivity contribution in [3.63, 3.8) is 0 Å². The molecule has 3 rings (SSSR count). The fraction of sp³-hybridized carbons (Fsp3) is 0.0714. The number of nitrogens with one attached hydrogen (secondary N) is 1. The highest BCUT2D eigenvalue weighted by Crippen LogP contribution is 2.32. The van der Waals surface area contributed by atoms with Crippen LogP contribution in [0.2, 0.25) is 4.34 Å². The van der Waals surface area contributed by atoms with Crippen LogP contribution < -0.4 is 5.32 Å². The van der Waals surface area contributed by atoms with Gasteiger partial charge in [0.15, 0.2) is 0 Å². The van der Waals surface area contributed by atoms with Gasteiger partial charge in [-0.05, 0) is 34.1 Å². The number of hydrogen-bond donors (Lipinski definition) is 1. The SMILES string of the molecule is Clc1sc(CNc2cccc3cccnc23)cc1Br. The molecule has 3 aromatic rings. The fourth-order valence-electron chi connectivity index (χ4n) is 1.91. The van der Waals surface area contributed by atoms with Crippen LogP contribution in [-0.4, -0.2) is 4.98 Å². The van der Waals surface area contributed by atoms with Gasteiger partial charge in [0.05, 0.1) is 11.2 Å². The summed E-state index contributed by atoms with van der Waals surface area (Å²) >= 11 is 11.0. The van der Waals surface area contributed by atoms with Gasteiger partial charge in [0.2, 0.25) is 0 Å². The molecule has 19 heavy (non-hydrogen) atoms. The average molecular weight is 354 g/mol. The van der Waals surface area contributed by atoms with E-state index in [0.29, 0.717) is 0 Å². The molecule has 2 nitrogen and oxygen atoms in total. The van der Waals surface area contributed by atoms with E-state index >= 15 is 0 Å². The number of halogens is 2. The van der Waals surface area contributed by atoms with E-state index < -0.39 is 0 Å². The molecule has 0 fully saturated rings. The van der Waals surface area contributed by atoms with E-state index in [-0.39, 0.29) is 0 Å². The van der Waals surface area contributed by atoms with Crippen LogP contribution in [-0.2, 0) is 6.54 Å². The van der Waals surface area contributed by atoms with Crippen molar-refractivity contribution >= 4 is 55.5 Å². The molecule has 0 saturated carbocycles. The molecule has 0 aliphatic rings. The summed E-state index contributed by atoms with van der Waals surface area (Å²) in [6.07, 6.45) is 1.81. The highest BCUT2D eigenvalue weighted by Gasteiger charge is 2.05. The Morgan fingerprint density at radius 3 is 2.89 bits per heavy atom. The highest BCUT2D eigenvalue weighted by atomic mass is 79.9. The van der Waals surface area contributed by atoms with Crippen LogP contribution in [0.3, 0.4) is 0 Å². The summed E-state index contributed by atoms with van der Waals surface area (Å²) in [6.45, 7) is 0.742. The maximum atomic E-state index is 6.04. The minimum Gasteiger partial charge on any atom is -0.378 e. The lowest BCUT2D eigenvalue weighted by Crippen LogP contribution is -1.98. The molecule has 5 heteroatoms. The fourth-order valence-corrected chi connectivity index (χ4v) is 3.64. The van der Waals surface area contributed by atoms with Crippen LogP contribution in [0, 0.1) is 0 Å². The number of anilines is 1. The summed E-state index contributed by atoms with van der Waals surface area (Å²) in [7, 11) is 0. The molecule has 0 aliphatic carbocycles. The maximum absolute atomic E-state index is 6.04. The van der Waals surface area contributed by atoms with Crippen molar-refractivity contribution in [2.24, 2.45) is 0 Å². The third-order valence-corrected chi connectivity index (χ3v) is 5.26. The Balaban J connectivity index is 1.85. The summed E-state index contributed by atoms with van der Waals surface area (Å²) in [5.74, 6) is 0. The van der Waals surface area contributed by atoms with E-state index in [2.05, 4.69) is 38.4 Å². The van der Waals surface area contributed by atoms with Crippen molar-refractivity contribution in [3.8, 4) is 0 Å². The Bertz CT molecular complexity index is 702. The molecule has 0 amide bonds. The number of aromatic nitrogens is 1. The van der Waals surface area contributed by atoms with Gasteiger partial charge < -0.3 is 5.32 Å². The van der Waals surface area contributed by atoms with Crippen LogP contribution in [0.25, 0.3) is 10.9 Å². The van der Waals surface area contributed by atoms with Gasteiger partial charge in [-0.2, -0.15) is 0 Å². The molecule has 1 N–H and O–H groups in total. The molecule has 2 aromatic heterocycles. The van der Waals surface area contributed by atoms with Crippen LogP contribution >= 0.6 is 38.9 Å². The number of fused-ring (bicyclic) bond motifs is 1. The molecule has 0 spiro atoms. The zero-order valence-electron chi connectivity index (χ0n) is 9.86. The molecule has 1 aromatic carbocycles. The molecule has 0 aliphatic heterocycles. The maximum Gasteiger partial charge on any atom is 0.107 e. The lowest BCUT2D eigenvalue weighted by molar-refractivity contribution is 1.19. The van der Waals surface area contributed by atoms with Gasteiger partial charge in [0.25, 0.3) is 0 Å². The first kappa shape index (κ1) is 12.9. The second-order valence-electron chi connectivity index (χ2n) is 4.07. The Morgan fingerprint density at radius 1 is 1.26 bits per heavy atom. The Morgan fingerprint density at radius 2 is 2.11 bits per heavy atom. The van der Waals surface area contributed by atoms with Gasteiger partial charge in [-0.15, -0.1) is 11.3 Å². The molecule has 0 bridgehead atoms. The first-order valence-corrected chi connectivity index (χ1v) is 7.74. The Labute approximate surface area is 128 Å². The minimum atomic E-state index is 0.742. The summed E-state index contributed by atoms with van der Waals surface area (Å²) in [5.41, 5.74) is 2.03. The summed E-state index contributed by atoms with van der Waals surface area (Å²) < 4.78 is 1.74. The van der Waals surface area contributed by atoms with E-state index in [1.807, 2.05) is 30.5 Å². The number of hydrogen-bond acceptors (Lipinski definition) is 3. The number of pyridine rings is 1. The lowest BCUT2D eigenvalue weighted by atomic mass is 10.2. The van der Waals surface area contributed by atoms with Crippen molar-refractivity contribution in [1.29, 1.82) is 0 Å². The van der Waals surface area contributed by atoms with E-state index in [4.69, 9.17) is 11.6 Å². The summed E-state index contributed by atoms with van der Waals surface area (Å²) in [5, 5.41) is 4.55. The number of rotatable bonds is 3. The average Bonchev–Trinajstić information content (AvgIpc) is 2.75. The number of thiophene rings is 1. The predicted octanol–water partition coefficient (Wildman–Crippen LogP) is 5.32. The molecule has 0 saturated heterocycles. The third-order valence-electron chi connectivity index (χ3n) is 2.78. The van der Waals surface area contributed by atoms with Crippen molar-refractivity contribution in [2.75, 3.05) is 5.32 Å². The van der Waals surface area contributed by atoms with Crippen LogP contribution in [0.1, 0.15) is 4.88 Å². The zero-order chi connectivity index (χ0) is 13.2. The van der Waals surface area contributed by atoms with E-state index in [1.54, 1.807) is 11.3 Å². The molecule has 0 unspecified atom stereocenters. The number of benzene rings is 1. The molecule has 0 radical (unpaired) electrons.